The summed E-state index contributed by atoms with van der Waals surface area (Å²) >= 11 is 0. The van der Waals surface area contributed by atoms with Crippen LogP contribution in [0.5, 0.6) is 0 Å². The highest BCUT2D eigenvalue weighted by molar-refractivity contribution is 5.90. The second-order valence-corrected chi connectivity index (χ2v) is 10.4. The predicted octanol–water partition coefficient (Wildman–Crippen LogP) is 6.09. The van der Waals surface area contributed by atoms with Crippen LogP contribution < -0.4 is 11.1 Å². The number of alkyl halides is 3. The molecule has 1 heterocycles. The molecule has 10 heteroatoms. The van der Waals surface area contributed by atoms with Gasteiger partial charge in [0.15, 0.2) is 0 Å². The van der Waals surface area contributed by atoms with Crippen LogP contribution in [0.1, 0.15) is 67.1 Å². The van der Waals surface area contributed by atoms with E-state index >= 15 is 0 Å². The highest BCUT2D eigenvalue weighted by atomic mass is 19.4. The van der Waals surface area contributed by atoms with Crippen molar-refractivity contribution in [3.63, 3.8) is 0 Å². The smallest absolute Gasteiger partial charge is 0.399 e. The summed E-state index contributed by atoms with van der Waals surface area (Å²) in [4.78, 5) is 23.7. The third-order valence-corrected chi connectivity index (χ3v) is 7.54. The lowest BCUT2D eigenvalue weighted by Gasteiger charge is -2.31. The van der Waals surface area contributed by atoms with Crippen LogP contribution in [0.25, 0.3) is 10.9 Å². The van der Waals surface area contributed by atoms with Gasteiger partial charge in [0.2, 0.25) is 5.91 Å². The molecule has 0 aliphatic heterocycles. The number of methoxy groups -OCH3 is 1. The number of aryl methyl sites for hydroxylation is 1. The molecule has 0 unspecified atom stereocenters. The van der Waals surface area contributed by atoms with Crippen LogP contribution in [0.3, 0.4) is 0 Å². The van der Waals surface area contributed by atoms with E-state index in [2.05, 4.69) is 27.4 Å². The summed E-state index contributed by atoms with van der Waals surface area (Å²) in [6.07, 6.45) is -1.05. The number of nitrogens with one attached hydrogen (secondary N) is 1. The van der Waals surface area contributed by atoms with Crippen molar-refractivity contribution in [3.8, 4) is 0 Å². The number of carbonyl (C=O) groups is 1. The summed E-state index contributed by atoms with van der Waals surface area (Å²) < 4.78 is 45.2. The third kappa shape index (κ3) is 6.79. The monoisotopic (exact) mass is 543 g/mol. The zero-order chi connectivity index (χ0) is 28.3. The zero-order valence-electron chi connectivity index (χ0n) is 22.8. The van der Waals surface area contributed by atoms with Gasteiger partial charge in [-0.25, -0.2) is 9.97 Å². The van der Waals surface area contributed by atoms with Gasteiger partial charge in [-0.05, 0) is 86.9 Å². The number of nitrogens with two attached hydrogens (primary N) is 1. The SMILES string of the molecule is COCCN(C)C(=O)[C@H]1CC[C@H](c2ccc3nc(C)nc(N[C@H](C)c4cc(N)cc(C(F)(F)F)c4)c3c2)CC1. The number of hydrogen-bond acceptors (Lipinski definition) is 6. The molecule has 3 N–H and O–H groups in total. The van der Waals surface area contributed by atoms with Crippen molar-refractivity contribution in [1.29, 1.82) is 0 Å². The fourth-order valence-corrected chi connectivity index (χ4v) is 5.33. The van der Waals surface area contributed by atoms with Crippen LogP contribution in [0.4, 0.5) is 24.7 Å². The Morgan fingerprint density at radius 3 is 2.54 bits per heavy atom. The number of amides is 1. The summed E-state index contributed by atoms with van der Waals surface area (Å²) in [6, 6.07) is 9.23. The third-order valence-electron chi connectivity index (χ3n) is 7.54. The standard InChI is InChI=1S/C29H36F3N5O2/c1-17(22-13-23(29(30,31)32)16-24(33)14-22)34-27-25-15-21(9-10-26(25)35-18(2)36-27)19-5-7-20(8-6-19)28(38)37(3)11-12-39-4/h9-10,13-17,19-20H,5-8,11-12,33H2,1-4H3,(H,34,35,36)/t17-,19-,20-/m1/s1. The van der Waals surface area contributed by atoms with Gasteiger partial charge in [0.1, 0.15) is 11.6 Å². The molecule has 210 valence electrons. The maximum absolute atomic E-state index is 13.4. The molecule has 2 aromatic carbocycles. The van der Waals surface area contributed by atoms with Crippen molar-refractivity contribution < 1.29 is 22.7 Å². The van der Waals surface area contributed by atoms with E-state index in [4.69, 9.17) is 10.5 Å². The number of rotatable bonds is 8. The molecule has 1 aromatic heterocycles. The molecule has 0 radical (unpaired) electrons. The molecule has 1 atom stereocenters. The summed E-state index contributed by atoms with van der Waals surface area (Å²) in [5.41, 5.74) is 7.38. The van der Waals surface area contributed by atoms with Crippen LogP contribution in [-0.2, 0) is 15.7 Å². The lowest BCUT2D eigenvalue weighted by atomic mass is 9.78. The number of halogens is 3. The van der Waals surface area contributed by atoms with Crippen molar-refractivity contribution >= 4 is 28.3 Å². The first-order valence-corrected chi connectivity index (χ1v) is 13.2. The minimum absolute atomic E-state index is 0.0209. The fraction of sp³-hybridized carbons (Fsp3) is 0.483. The molecular formula is C29H36F3N5O2. The van der Waals surface area contributed by atoms with E-state index in [-0.39, 0.29) is 17.5 Å². The van der Waals surface area contributed by atoms with Crippen molar-refractivity contribution in [2.75, 3.05) is 38.4 Å². The molecular weight excluding hydrogens is 507 g/mol. The number of aromatic nitrogens is 2. The molecule has 1 amide bonds. The van der Waals surface area contributed by atoms with E-state index in [9.17, 15) is 18.0 Å². The Labute approximate surface area is 226 Å². The Balaban J connectivity index is 1.54. The first kappa shape index (κ1) is 28.6. The van der Waals surface area contributed by atoms with E-state index < -0.39 is 17.8 Å². The van der Waals surface area contributed by atoms with Gasteiger partial charge in [0, 0.05) is 37.7 Å². The number of benzene rings is 2. The van der Waals surface area contributed by atoms with E-state index in [0.29, 0.717) is 36.3 Å². The molecule has 1 saturated carbocycles. The number of hydrogen-bond donors (Lipinski definition) is 2. The number of carbonyl (C=O) groups excluding carboxylic acids is 1. The average Bonchev–Trinajstić information content (AvgIpc) is 2.90. The van der Waals surface area contributed by atoms with Gasteiger partial charge in [0.05, 0.1) is 23.7 Å². The lowest BCUT2D eigenvalue weighted by Crippen LogP contribution is -2.36. The van der Waals surface area contributed by atoms with Crippen molar-refractivity contribution in [2.45, 2.75) is 57.7 Å². The molecule has 1 aliphatic carbocycles. The fourth-order valence-electron chi connectivity index (χ4n) is 5.33. The van der Waals surface area contributed by atoms with Gasteiger partial charge in [-0.1, -0.05) is 6.07 Å². The molecule has 0 saturated heterocycles. The van der Waals surface area contributed by atoms with Crippen LogP contribution in [0, 0.1) is 12.8 Å². The normalized spacial score (nSPS) is 18.6. The summed E-state index contributed by atoms with van der Waals surface area (Å²) in [5.74, 6) is 1.62. The van der Waals surface area contributed by atoms with Crippen LogP contribution in [-0.4, -0.2) is 48.1 Å². The first-order chi connectivity index (χ1) is 18.5. The first-order valence-electron chi connectivity index (χ1n) is 13.2. The van der Waals surface area contributed by atoms with Crippen LogP contribution in [0.2, 0.25) is 0 Å². The number of fused-ring (bicyclic) bond motifs is 1. The van der Waals surface area contributed by atoms with Gasteiger partial charge in [-0.15, -0.1) is 0 Å². The number of nitrogens with zero attached hydrogens (tertiary/aromatic N) is 3. The summed E-state index contributed by atoms with van der Waals surface area (Å²) in [5, 5.41) is 4.10. The van der Waals surface area contributed by atoms with E-state index in [1.54, 1.807) is 31.9 Å². The van der Waals surface area contributed by atoms with Gasteiger partial charge >= 0.3 is 6.18 Å². The zero-order valence-corrected chi connectivity index (χ0v) is 22.8. The average molecular weight is 544 g/mol. The largest absolute Gasteiger partial charge is 0.416 e. The molecule has 3 aromatic rings. The topological polar surface area (TPSA) is 93.4 Å². The molecule has 4 rings (SSSR count). The van der Waals surface area contributed by atoms with Crippen LogP contribution in [0.15, 0.2) is 36.4 Å². The summed E-state index contributed by atoms with van der Waals surface area (Å²) in [6.45, 7) is 4.67. The minimum atomic E-state index is -4.49. The Morgan fingerprint density at radius 1 is 1.15 bits per heavy atom. The highest BCUT2D eigenvalue weighted by Gasteiger charge is 2.32. The highest BCUT2D eigenvalue weighted by Crippen LogP contribution is 2.39. The van der Waals surface area contributed by atoms with Crippen molar-refractivity contribution in [1.82, 2.24) is 14.9 Å². The Bertz CT molecular complexity index is 1320. The molecule has 7 nitrogen and oxygen atoms in total. The minimum Gasteiger partial charge on any atom is -0.399 e. The Hall–Kier alpha value is -3.40. The Morgan fingerprint density at radius 2 is 1.87 bits per heavy atom. The predicted molar refractivity (Wildman–Crippen MR) is 146 cm³/mol. The van der Waals surface area contributed by atoms with Crippen molar-refractivity contribution in [2.24, 2.45) is 5.92 Å². The summed E-state index contributed by atoms with van der Waals surface area (Å²) in [7, 11) is 3.45. The lowest BCUT2D eigenvalue weighted by molar-refractivity contribution is -0.137. The number of likely N-dealkylation sites (N-methyl/N-ethyl adjacent to an activating group) is 1. The Kier molecular flexibility index (Phi) is 8.64. The maximum atomic E-state index is 13.4. The van der Waals surface area contributed by atoms with Gasteiger partial charge in [-0.3, -0.25) is 4.79 Å². The maximum Gasteiger partial charge on any atom is 0.416 e. The second kappa shape index (κ2) is 11.8. The molecule has 39 heavy (non-hydrogen) atoms. The van der Waals surface area contributed by atoms with Crippen LogP contribution >= 0.6 is 0 Å². The van der Waals surface area contributed by atoms with E-state index in [1.807, 2.05) is 13.1 Å². The van der Waals surface area contributed by atoms with E-state index in [0.717, 1.165) is 54.3 Å². The molecule has 0 bridgehead atoms. The number of nitrogen functional groups attached to an aromatic ring is 1. The number of anilines is 2. The van der Waals surface area contributed by atoms with Gasteiger partial charge < -0.3 is 20.7 Å². The second-order valence-electron chi connectivity index (χ2n) is 10.4. The van der Waals surface area contributed by atoms with E-state index in [1.165, 1.54) is 0 Å². The van der Waals surface area contributed by atoms with Crippen molar-refractivity contribution in [3.05, 3.63) is 58.9 Å². The molecule has 1 fully saturated rings. The molecule has 1 aliphatic rings. The quantitative estimate of drug-likeness (QED) is 0.334. The number of ether oxygens (including phenoxy) is 1. The van der Waals surface area contributed by atoms with Gasteiger partial charge in [-0.2, -0.15) is 13.2 Å². The molecule has 0 spiro atoms. The van der Waals surface area contributed by atoms with Gasteiger partial charge in [0.25, 0.3) is 0 Å².